The van der Waals surface area contributed by atoms with Gasteiger partial charge >= 0.3 is 0 Å². The molecule has 2 N–H and O–H groups in total. The normalized spacial score (nSPS) is 26.6. The van der Waals surface area contributed by atoms with E-state index in [1.165, 1.54) is 11.1 Å². The molecule has 2 nitrogen and oxygen atoms in total. The second-order valence-electron chi connectivity index (χ2n) is 5.39. The van der Waals surface area contributed by atoms with Crippen molar-refractivity contribution in [1.29, 1.82) is 0 Å². The first-order valence-corrected chi connectivity index (χ1v) is 7.28. The Hall–Kier alpha value is -0.860. The summed E-state index contributed by atoms with van der Waals surface area (Å²) in [5, 5.41) is 0. The van der Waals surface area contributed by atoms with E-state index in [2.05, 4.69) is 49.9 Å². The molecule has 0 fully saturated rings. The molecule has 0 saturated heterocycles. The van der Waals surface area contributed by atoms with Gasteiger partial charge in [0.1, 0.15) is 0 Å². The summed E-state index contributed by atoms with van der Waals surface area (Å²) in [6.07, 6.45) is 3.32. The largest absolute Gasteiger partial charge is 0.320 e. The third-order valence-corrected chi connectivity index (χ3v) is 4.44. The Labute approximate surface area is 111 Å². The van der Waals surface area contributed by atoms with E-state index in [1.54, 1.807) is 0 Å². The summed E-state index contributed by atoms with van der Waals surface area (Å²) < 4.78 is 0. The maximum Gasteiger partial charge on any atom is 0.0573 e. The standard InChI is InChI=1S/C16H26N2/c1-4-11-16(17)14-10-8-7-9-13(14)12-15(16)18(5-2)6-3/h7-10,15H,4-6,11-12,17H2,1-3H3. The molecule has 0 heterocycles. The fraction of sp³-hybridized carbons (Fsp3) is 0.625. The molecular weight excluding hydrogens is 220 g/mol. The molecule has 0 aromatic heterocycles. The molecule has 1 aliphatic rings. The first-order chi connectivity index (χ1) is 8.67. The maximum atomic E-state index is 6.84. The minimum absolute atomic E-state index is 0.155. The molecule has 2 rings (SSSR count). The average Bonchev–Trinajstić information content (AvgIpc) is 2.66. The van der Waals surface area contributed by atoms with Crippen LogP contribution in [0.4, 0.5) is 0 Å². The highest BCUT2D eigenvalue weighted by molar-refractivity contribution is 5.41. The quantitative estimate of drug-likeness (QED) is 0.865. The monoisotopic (exact) mass is 246 g/mol. The molecule has 1 aromatic rings. The van der Waals surface area contributed by atoms with Crippen molar-refractivity contribution < 1.29 is 0 Å². The summed E-state index contributed by atoms with van der Waals surface area (Å²) in [5.74, 6) is 0. The van der Waals surface area contributed by atoms with E-state index in [4.69, 9.17) is 5.73 Å². The van der Waals surface area contributed by atoms with Crippen LogP contribution in [-0.2, 0) is 12.0 Å². The second-order valence-corrected chi connectivity index (χ2v) is 5.39. The molecule has 2 heteroatoms. The van der Waals surface area contributed by atoms with Crippen LogP contribution >= 0.6 is 0 Å². The molecule has 18 heavy (non-hydrogen) atoms. The average molecular weight is 246 g/mol. The van der Waals surface area contributed by atoms with E-state index in [0.717, 1.165) is 32.4 Å². The smallest absolute Gasteiger partial charge is 0.0573 e. The number of nitrogens with zero attached hydrogens (tertiary/aromatic N) is 1. The summed E-state index contributed by atoms with van der Waals surface area (Å²) >= 11 is 0. The zero-order valence-electron chi connectivity index (χ0n) is 11.9. The van der Waals surface area contributed by atoms with Gasteiger partial charge < -0.3 is 5.73 Å². The molecule has 0 radical (unpaired) electrons. The number of fused-ring (bicyclic) bond motifs is 1. The van der Waals surface area contributed by atoms with Crippen molar-refractivity contribution in [2.45, 2.75) is 51.6 Å². The van der Waals surface area contributed by atoms with Crippen LogP contribution in [0.15, 0.2) is 24.3 Å². The number of likely N-dealkylation sites (N-methyl/N-ethyl adjacent to an activating group) is 1. The molecule has 0 bridgehead atoms. The molecule has 0 amide bonds. The van der Waals surface area contributed by atoms with Crippen molar-refractivity contribution in [3.8, 4) is 0 Å². The Kier molecular flexibility index (Phi) is 4.08. The lowest BCUT2D eigenvalue weighted by molar-refractivity contribution is 0.136. The van der Waals surface area contributed by atoms with Crippen molar-refractivity contribution >= 4 is 0 Å². The summed E-state index contributed by atoms with van der Waals surface area (Å²) in [6, 6.07) is 9.20. The third-order valence-electron chi connectivity index (χ3n) is 4.44. The van der Waals surface area contributed by atoms with Crippen molar-refractivity contribution in [2.24, 2.45) is 5.73 Å². The van der Waals surface area contributed by atoms with Crippen molar-refractivity contribution in [1.82, 2.24) is 4.90 Å². The van der Waals surface area contributed by atoms with Gasteiger partial charge in [-0.2, -0.15) is 0 Å². The Balaban J connectivity index is 2.39. The van der Waals surface area contributed by atoms with Crippen molar-refractivity contribution in [2.75, 3.05) is 13.1 Å². The third kappa shape index (κ3) is 2.08. The van der Waals surface area contributed by atoms with Gasteiger partial charge in [0.25, 0.3) is 0 Å². The fourth-order valence-corrected chi connectivity index (χ4v) is 3.56. The highest BCUT2D eigenvalue weighted by atomic mass is 15.2. The first kappa shape index (κ1) is 13.6. The predicted octanol–water partition coefficient (Wildman–Crippen LogP) is 2.91. The van der Waals surface area contributed by atoms with Gasteiger partial charge in [0.2, 0.25) is 0 Å². The van der Waals surface area contributed by atoms with Crippen molar-refractivity contribution in [3.05, 3.63) is 35.4 Å². The van der Waals surface area contributed by atoms with Crippen molar-refractivity contribution in [3.63, 3.8) is 0 Å². The number of nitrogens with two attached hydrogens (primary N) is 1. The van der Waals surface area contributed by atoms with E-state index in [0.29, 0.717) is 6.04 Å². The summed E-state index contributed by atoms with van der Waals surface area (Å²) in [7, 11) is 0. The SMILES string of the molecule is CCCC1(N)c2ccccc2CC1N(CC)CC. The van der Waals surface area contributed by atoms with E-state index in [-0.39, 0.29) is 5.54 Å². The van der Waals surface area contributed by atoms with Gasteiger partial charge in [0.05, 0.1) is 5.54 Å². The van der Waals surface area contributed by atoms with E-state index in [1.807, 2.05) is 0 Å². The molecule has 0 aliphatic heterocycles. The van der Waals surface area contributed by atoms with Gasteiger partial charge in [-0.05, 0) is 37.1 Å². The van der Waals surface area contributed by atoms with E-state index < -0.39 is 0 Å². The zero-order chi connectivity index (χ0) is 13.2. The Bertz CT molecular complexity index is 398. The molecule has 1 aromatic carbocycles. The lowest BCUT2D eigenvalue weighted by Gasteiger charge is -2.39. The topological polar surface area (TPSA) is 29.3 Å². The molecule has 1 aliphatic carbocycles. The Morgan fingerprint density at radius 1 is 1.22 bits per heavy atom. The summed E-state index contributed by atoms with van der Waals surface area (Å²) in [4.78, 5) is 2.52. The molecule has 0 saturated carbocycles. The molecule has 2 unspecified atom stereocenters. The van der Waals surface area contributed by atoms with E-state index >= 15 is 0 Å². The van der Waals surface area contributed by atoms with Crippen LogP contribution in [-0.4, -0.2) is 24.0 Å². The minimum atomic E-state index is -0.155. The zero-order valence-corrected chi connectivity index (χ0v) is 11.9. The number of hydrogen-bond acceptors (Lipinski definition) is 2. The van der Waals surface area contributed by atoms with E-state index in [9.17, 15) is 0 Å². The van der Waals surface area contributed by atoms with Gasteiger partial charge in [0, 0.05) is 6.04 Å². The lowest BCUT2D eigenvalue weighted by atomic mass is 9.84. The highest BCUT2D eigenvalue weighted by Crippen LogP contribution is 2.40. The maximum absolute atomic E-state index is 6.84. The molecule has 0 spiro atoms. The van der Waals surface area contributed by atoms with Crippen LogP contribution in [0.1, 0.15) is 44.7 Å². The van der Waals surface area contributed by atoms with Gasteiger partial charge in [-0.3, -0.25) is 4.90 Å². The van der Waals surface area contributed by atoms with Crippen LogP contribution in [0.5, 0.6) is 0 Å². The van der Waals surface area contributed by atoms with Gasteiger partial charge in [-0.25, -0.2) is 0 Å². The van der Waals surface area contributed by atoms with Crippen LogP contribution in [0.3, 0.4) is 0 Å². The van der Waals surface area contributed by atoms with Crippen LogP contribution in [0.25, 0.3) is 0 Å². The molecule has 100 valence electrons. The second kappa shape index (κ2) is 5.41. The number of benzene rings is 1. The lowest BCUT2D eigenvalue weighted by Crippen LogP contribution is -2.53. The predicted molar refractivity (Wildman–Crippen MR) is 77.6 cm³/mol. The fourth-order valence-electron chi connectivity index (χ4n) is 3.56. The molecule has 2 atom stereocenters. The number of rotatable bonds is 5. The van der Waals surface area contributed by atoms with Crippen LogP contribution < -0.4 is 5.73 Å². The summed E-state index contributed by atoms with van der Waals surface area (Å²) in [6.45, 7) is 8.86. The minimum Gasteiger partial charge on any atom is -0.320 e. The van der Waals surface area contributed by atoms with Crippen LogP contribution in [0.2, 0.25) is 0 Å². The van der Waals surface area contributed by atoms with Gasteiger partial charge in [-0.15, -0.1) is 0 Å². The highest BCUT2D eigenvalue weighted by Gasteiger charge is 2.44. The first-order valence-electron chi connectivity index (χ1n) is 7.28. The summed E-state index contributed by atoms with van der Waals surface area (Å²) in [5.41, 5.74) is 9.51. The Morgan fingerprint density at radius 3 is 2.50 bits per heavy atom. The molecular formula is C16H26N2. The number of hydrogen-bond donors (Lipinski definition) is 1. The van der Waals surface area contributed by atoms with Gasteiger partial charge in [0.15, 0.2) is 0 Å². The Morgan fingerprint density at radius 2 is 1.89 bits per heavy atom. The van der Waals surface area contributed by atoms with Gasteiger partial charge in [-0.1, -0.05) is 51.5 Å². The van der Waals surface area contributed by atoms with Crippen LogP contribution in [0, 0.1) is 0 Å².